The highest BCUT2D eigenvalue weighted by Gasteiger charge is 2.08. The first-order valence-electron chi connectivity index (χ1n) is 5.23. The molecule has 0 atom stereocenters. The molecule has 1 aromatic carbocycles. The maximum Gasteiger partial charge on any atom is 0.0574 e. The van der Waals surface area contributed by atoms with E-state index in [1.807, 2.05) is 30.3 Å². The molecule has 0 aliphatic heterocycles. The Labute approximate surface area is 90.5 Å². The summed E-state index contributed by atoms with van der Waals surface area (Å²) in [6, 6.07) is 10.1. The van der Waals surface area contributed by atoms with Crippen molar-refractivity contribution < 1.29 is 0 Å². The molecule has 1 aromatic rings. The van der Waals surface area contributed by atoms with Crippen molar-refractivity contribution in [2.45, 2.75) is 19.8 Å². The van der Waals surface area contributed by atoms with Gasteiger partial charge >= 0.3 is 0 Å². The van der Waals surface area contributed by atoms with Crippen LogP contribution in [0.25, 0.3) is 0 Å². The lowest BCUT2D eigenvalue weighted by Crippen LogP contribution is -2.12. The number of nitrogens with one attached hydrogen (secondary N) is 1. The largest absolute Gasteiger partial charge is 0.400 e. The third-order valence-electron chi connectivity index (χ3n) is 2.58. The average Bonchev–Trinajstić information content (AvgIpc) is 2.25. The minimum atomic E-state index is 0.949. The number of allylic oxidation sites excluding steroid dienone is 3. The quantitative estimate of drug-likeness (QED) is 0.770. The van der Waals surface area contributed by atoms with Crippen LogP contribution in [0.15, 0.2) is 53.4 Å². The zero-order chi connectivity index (χ0) is 10.7. The van der Waals surface area contributed by atoms with Crippen LogP contribution in [0.5, 0.6) is 0 Å². The lowest BCUT2D eigenvalue weighted by Gasteiger charge is -2.17. The Morgan fingerprint density at radius 1 is 1.13 bits per heavy atom. The second-order valence-corrected chi connectivity index (χ2v) is 3.92. The summed E-state index contributed by atoms with van der Waals surface area (Å²) in [5, 5.41) is 3.34. The highest BCUT2D eigenvalue weighted by molar-refractivity contribution is 5.52. The standard InChI is InChI=1S/C13H16N2/c1-10-7-8-12(14)13(9-10)15-11-5-3-2-4-6-11/h2-6,9,15H,7-8,14H2,1H3. The van der Waals surface area contributed by atoms with Crippen LogP contribution in [0.2, 0.25) is 0 Å². The zero-order valence-corrected chi connectivity index (χ0v) is 8.96. The molecule has 1 aliphatic carbocycles. The van der Waals surface area contributed by atoms with E-state index in [0.717, 1.165) is 29.9 Å². The van der Waals surface area contributed by atoms with E-state index in [9.17, 15) is 0 Å². The molecule has 3 N–H and O–H groups in total. The summed E-state index contributed by atoms with van der Waals surface area (Å²) in [5.41, 5.74) is 10.4. The Morgan fingerprint density at radius 2 is 1.87 bits per heavy atom. The van der Waals surface area contributed by atoms with Crippen molar-refractivity contribution in [3.8, 4) is 0 Å². The fourth-order valence-corrected chi connectivity index (χ4v) is 1.67. The van der Waals surface area contributed by atoms with Crippen molar-refractivity contribution in [2.75, 3.05) is 5.32 Å². The van der Waals surface area contributed by atoms with Gasteiger partial charge in [0.25, 0.3) is 0 Å². The van der Waals surface area contributed by atoms with E-state index < -0.39 is 0 Å². The Balaban J connectivity index is 2.19. The molecule has 1 aliphatic rings. The van der Waals surface area contributed by atoms with E-state index in [0.29, 0.717) is 0 Å². The summed E-state index contributed by atoms with van der Waals surface area (Å²) < 4.78 is 0. The molecular weight excluding hydrogens is 184 g/mol. The smallest absolute Gasteiger partial charge is 0.0574 e. The zero-order valence-electron chi connectivity index (χ0n) is 8.96. The molecule has 78 valence electrons. The van der Waals surface area contributed by atoms with Crippen LogP contribution < -0.4 is 11.1 Å². The third-order valence-corrected chi connectivity index (χ3v) is 2.58. The number of nitrogens with two attached hydrogens (primary N) is 1. The van der Waals surface area contributed by atoms with Gasteiger partial charge in [-0.1, -0.05) is 23.8 Å². The van der Waals surface area contributed by atoms with Gasteiger partial charge in [0, 0.05) is 11.4 Å². The van der Waals surface area contributed by atoms with Crippen molar-refractivity contribution >= 4 is 5.69 Å². The molecule has 0 radical (unpaired) electrons. The van der Waals surface area contributed by atoms with Gasteiger partial charge in [-0.05, 0) is 38.0 Å². The molecule has 0 unspecified atom stereocenters. The van der Waals surface area contributed by atoms with Gasteiger partial charge in [-0.15, -0.1) is 0 Å². The van der Waals surface area contributed by atoms with Gasteiger partial charge < -0.3 is 11.1 Å². The Bertz CT molecular complexity index is 402. The molecule has 2 rings (SSSR count). The highest BCUT2D eigenvalue weighted by atomic mass is 14.9. The number of hydrogen-bond donors (Lipinski definition) is 2. The molecule has 0 saturated heterocycles. The first-order valence-corrected chi connectivity index (χ1v) is 5.23. The van der Waals surface area contributed by atoms with E-state index in [4.69, 9.17) is 5.73 Å². The van der Waals surface area contributed by atoms with Crippen LogP contribution in [0.1, 0.15) is 19.8 Å². The molecule has 0 bridgehead atoms. The Morgan fingerprint density at radius 3 is 2.60 bits per heavy atom. The predicted octanol–water partition coefficient (Wildman–Crippen LogP) is 3.01. The first kappa shape index (κ1) is 9.84. The summed E-state index contributed by atoms with van der Waals surface area (Å²) >= 11 is 0. The topological polar surface area (TPSA) is 38.0 Å². The molecule has 0 spiro atoms. The lowest BCUT2D eigenvalue weighted by molar-refractivity contribution is 0.875. The van der Waals surface area contributed by atoms with Crippen molar-refractivity contribution in [1.82, 2.24) is 0 Å². The monoisotopic (exact) mass is 200 g/mol. The van der Waals surface area contributed by atoms with Gasteiger partial charge in [-0.25, -0.2) is 0 Å². The number of hydrogen-bond acceptors (Lipinski definition) is 2. The highest BCUT2D eigenvalue weighted by Crippen LogP contribution is 2.21. The molecule has 0 fully saturated rings. The average molecular weight is 200 g/mol. The maximum atomic E-state index is 5.96. The van der Waals surface area contributed by atoms with E-state index in [-0.39, 0.29) is 0 Å². The molecule has 0 aromatic heterocycles. The van der Waals surface area contributed by atoms with Crippen molar-refractivity contribution in [2.24, 2.45) is 5.73 Å². The molecule has 2 nitrogen and oxygen atoms in total. The van der Waals surface area contributed by atoms with Crippen LogP contribution in [0.3, 0.4) is 0 Å². The summed E-state index contributed by atoms with van der Waals surface area (Å²) in [5.74, 6) is 0. The molecule has 0 amide bonds. The molecule has 0 saturated carbocycles. The summed E-state index contributed by atoms with van der Waals surface area (Å²) in [6.07, 6.45) is 4.16. The second kappa shape index (κ2) is 4.22. The van der Waals surface area contributed by atoms with Gasteiger partial charge in [-0.3, -0.25) is 0 Å². The van der Waals surface area contributed by atoms with Gasteiger partial charge in [0.1, 0.15) is 0 Å². The normalized spacial score (nSPS) is 16.2. The van der Waals surface area contributed by atoms with Gasteiger partial charge in [0.15, 0.2) is 0 Å². The van der Waals surface area contributed by atoms with Gasteiger partial charge in [0.05, 0.1) is 5.70 Å². The Hall–Kier alpha value is -1.70. The van der Waals surface area contributed by atoms with Crippen LogP contribution in [-0.4, -0.2) is 0 Å². The minimum Gasteiger partial charge on any atom is -0.400 e. The maximum absolute atomic E-state index is 5.96. The van der Waals surface area contributed by atoms with Crippen molar-refractivity contribution in [3.05, 3.63) is 53.4 Å². The van der Waals surface area contributed by atoms with E-state index in [1.165, 1.54) is 5.57 Å². The SMILES string of the molecule is CC1=CC(Nc2ccccc2)=C(N)CC1. The summed E-state index contributed by atoms with van der Waals surface area (Å²) in [4.78, 5) is 0. The van der Waals surface area contributed by atoms with Crippen LogP contribution in [0.4, 0.5) is 5.69 Å². The van der Waals surface area contributed by atoms with Gasteiger partial charge in [-0.2, -0.15) is 0 Å². The molecular formula is C13H16N2. The van der Waals surface area contributed by atoms with Gasteiger partial charge in [0.2, 0.25) is 0 Å². The van der Waals surface area contributed by atoms with E-state index >= 15 is 0 Å². The molecule has 15 heavy (non-hydrogen) atoms. The fourth-order valence-electron chi connectivity index (χ4n) is 1.67. The fraction of sp³-hybridized carbons (Fsp3) is 0.231. The number of para-hydroxylation sites is 1. The van der Waals surface area contributed by atoms with Crippen LogP contribution >= 0.6 is 0 Å². The first-order chi connectivity index (χ1) is 7.25. The van der Waals surface area contributed by atoms with E-state index in [1.54, 1.807) is 0 Å². The molecule has 2 heteroatoms. The van der Waals surface area contributed by atoms with E-state index in [2.05, 4.69) is 18.3 Å². The predicted molar refractivity (Wildman–Crippen MR) is 64.3 cm³/mol. The number of benzene rings is 1. The molecule has 0 heterocycles. The van der Waals surface area contributed by atoms with Crippen LogP contribution in [0, 0.1) is 0 Å². The second-order valence-electron chi connectivity index (χ2n) is 3.92. The van der Waals surface area contributed by atoms with Crippen LogP contribution in [-0.2, 0) is 0 Å². The summed E-state index contributed by atoms with van der Waals surface area (Å²) in [7, 11) is 0. The van der Waals surface area contributed by atoms with Crippen molar-refractivity contribution in [1.29, 1.82) is 0 Å². The number of rotatable bonds is 2. The lowest BCUT2D eigenvalue weighted by atomic mass is 10.0. The Kier molecular flexibility index (Phi) is 2.77. The minimum absolute atomic E-state index is 0.949. The summed E-state index contributed by atoms with van der Waals surface area (Å²) in [6.45, 7) is 2.14. The van der Waals surface area contributed by atoms with Crippen molar-refractivity contribution in [3.63, 3.8) is 0 Å². The number of anilines is 1. The third kappa shape index (κ3) is 2.40.